The number of carbonyl (C=O) groups excluding carboxylic acids is 1. The molecule has 6 nitrogen and oxygen atoms in total. The molecule has 27 heavy (non-hydrogen) atoms. The largest absolute Gasteiger partial charge is 0.497 e. The number of aryl methyl sites for hydroxylation is 1. The van der Waals surface area contributed by atoms with Gasteiger partial charge in [-0.25, -0.2) is 9.48 Å². The Balaban J connectivity index is 2.12. The molecule has 8 heteroatoms. The van der Waals surface area contributed by atoms with Crippen LogP contribution in [-0.4, -0.2) is 30.0 Å². The number of para-hydroxylation sites is 1. The zero-order valence-electron chi connectivity index (χ0n) is 14.9. The van der Waals surface area contributed by atoms with Crippen molar-refractivity contribution in [1.82, 2.24) is 9.78 Å². The first kappa shape index (κ1) is 19.3. The van der Waals surface area contributed by atoms with Gasteiger partial charge in [-0.15, -0.1) is 0 Å². The third kappa shape index (κ3) is 3.79. The number of aromatic nitrogens is 2. The van der Waals surface area contributed by atoms with Crippen LogP contribution in [0.3, 0.4) is 0 Å². The normalized spacial score (nSPS) is 10.6. The fourth-order valence-corrected chi connectivity index (χ4v) is 3.14. The predicted octanol–water partition coefficient (Wildman–Crippen LogP) is 5.14. The average Bonchev–Trinajstić information content (AvgIpc) is 2.96. The van der Waals surface area contributed by atoms with E-state index < -0.39 is 5.97 Å². The molecular formula is C19H17BrClN3O3. The molecule has 0 unspecified atom stereocenters. The summed E-state index contributed by atoms with van der Waals surface area (Å²) >= 11 is 9.90. The van der Waals surface area contributed by atoms with E-state index in [9.17, 15) is 4.79 Å². The maximum absolute atomic E-state index is 12.2. The molecule has 3 aromatic rings. The van der Waals surface area contributed by atoms with E-state index in [0.29, 0.717) is 33.5 Å². The van der Waals surface area contributed by atoms with Gasteiger partial charge in [0.15, 0.2) is 0 Å². The number of carbonyl (C=O) groups is 1. The second-order valence-electron chi connectivity index (χ2n) is 5.64. The third-order valence-corrected chi connectivity index (χ3v) is 5.22. The van der Waals surface area contributed by atoms with E-state index in [1.54, 1.807) is 28.9 Å². The lowest BCUT2D eigenvalue weighted by atomic mass is 10.1. The van der Waals surface area contributed by atoms with Gasteiger partial charge in [0, 0.05) is 0 Å². The standard InChI is InChI=1S/C19H17BrClN3O3/c1-11-17(20)18(24(23-11)16-7-5-4-6-14(16)21)22-15-9-8-12(26-2)10-13(15)19(25)27-3/h4-10,22H,1-3H3. The quantitative estimate of drug-likeness (QED) is 0.546. The highest BCUT2D eigenvalue weighted by Gasteiger charge is 2.20. The Bertz CT molecular complexity index is 1000. The van der Waals surface area contributed by atoms with Crippen molar-refractivity contribution in [3.63, 3.8) is 0 Å². The van der Waals surface area contributed by atoms with Gasteiger partial charge in [-0.1, -0.05) is 23.7 Å². The minimum absolute atomic E-state index is 0.341. The van der Waals surface area contributed by atoms with E-state index in [0.717, 1.165) is 10.2 Å². The van der Waals surface area contributed by atoms with Gasteiger partial charge >= 0.3 is 5.97 Å². The van der Waals surface area contributed by atoms with Gasteiger partial charge in [-0.2, -0.15) is 5.10 Å². The first-order valence-electron chi connectivity index (χ1n) is 7.99. The van der Waals surface area contributed by atoms with Crippen LogP contribution in [0.5, 0.6) is 5.75 Å². The van der Waals surface area contributed by atoms with Crippen LogP contribution < -0.4 is 10.1 Å². The molecule has 0 saturated carbocycles. The van der Waals surface area contributed by atoms with Crippen molar-refractivity contribution in [3.8, 4) is 11.4 Å². The number of benzene rings is 2. The van der Waals surface area contributed by atoms with E-state index >= 15 is 0 Å². The zero-order valence-corrected chi connectivity index (χ0v) is 17.3. The van der Waals surface area contributed by atoms with Crippen LogP contribution in [0, 0.1) is 6.92 Å². The molecule has 1 aromatic heterocycles. The van der Waals surface area contributed by atoms with Crippen molar-refractivity contribution < 1.29 is 14.3 Å². The van der Waals surface area contributed by atoms with E-state index in [2.05, 4.69) is 26.3 Å². The van der Waals surface area contributed by atoms with Crippen LogP contribution in [-0.2, 0) is 4.74 Å². The molecule has 3 rings (SSSR count). The summed E-state index contributed by atoms with van der Waals surface area (Å²) in [6.07, 6.45) is 0. The highest BCUT2D eigenvalue weighted by molar-refractivity contribution is 9.10. The number of hydrogen-bond donors (Lipinski definition) is 1. The fourth-order valence-electron chi connectivity index (χ4n) is 2.58. The Hall–Kier alpha value is -2.51. The lowest BCUT2D eigenvalue weighted by Gasteiger charge is -2.15. The van der Waals surface area contributed by atoms with Gasteiger partial charge in [0.05, 0.1) is 46.3 Å². The molecular weight excluding hydrogens is 434 g/mol. The monoisotopic (exact) mass is 449 g/mol. The summed E-state index contributed by atoms with van der Waals surface area (Å²) in [5.41, 5.74) is 2.37. The molecule has 0 spiro atoms. The number of nitrogens with zero attached hydrogens (tertiary/aromatic N) is 2. The first-order chi connectivity index (χ1) is 13.0. The Morgan fingerprint density at radius 3 is 2.63 bits per heavy atom. The third-order valence-electron chi connectivity index (χ3n) is 3.95. The second kappa shape index (κ2) is 8.02. The minimum Gasteiger partial charge on any atom is -0.497 e. The van der Waals surface area contributed by atoms with Crippen molar-refractivity contribution in [2.45, 2.75) is 6.92 Å². The first-order valence-corrected chi connectivity index (χ1v) is 9.16. The van der Waals surface area contributed by atoms with Gasteiger partial charge in [-0.3, -0.25) is 0 Å². The van der Waals surface area contributed by atoms with Gasteiger partial charge in [0.2, 0.25) is 0 Å². The Kier molecular flexibility index (Phi) is 5.72. The van der Waals surface area contributed by atoms with Gasteiger partial charge < -0.3 is 14.8 Å². The van der Waals surface area contributed by atoms with Crippen molar-refractivity contribution >= 4 is 45.0 Å². The van der Waals surface area contributed by atoms with Crippen molar-refractivity contribution in [3.05, 3.63) is 63.2 Å². The summed E-state index contributed by atoms with van der Waals surface area (Å²) in [6.45, 7) is 1.87. The molecule has 1 heterocycles. The minimum atomic E-state index is -0.479. The number of anilines is 2. The topological polar surface area (TPSA) is 65.4 Å². The van der Waals surface area contributed by atoms with Crippen LogP contribution in [0.4, 0.5) is 11.5 Å². The summed E-state index contributed by atoms with van der Waals surface area (Å²) in [6, 6.07) is 12.5. The molecule has 0 amide bonds. The summed E-state index contributed by atoms with van der Waals surface area (Å²) in [7, 11) is 2.87. The summed E-state index contributed by atoms with van der Waals surface area (Å²) in [4.78, 5) is 12.2. The van der Waals surface area contributed by atoms with Gasteiger partial charge in [-0.05, 0) is 53.2 Å². The van der Waals surface area contributed by atoms with E-state index in [-0.39, 0.29) is 0 Å². The smallest absolute Gasteiger partial charge is 0.340 e. The highest BCUT2D eigenvalue weighted by Crippen LogP contribution is 2.35. The van der Waals surface area contributed by atoms with Crippen LogP contribution in [0.25, 0.3) is 5.69 Å². The molecule has 1 N–H and O–H groups in total. The molecule has 2 aromatic carbocycles. The molecule has 0 aliphatic carbocycles. The SMILES string of the molecule is COC(=O)c1cc(OC)ccc1Nc1c(Br)c(C)nn1-c1ccccc1Cl. The van der Waals surface area contributed by atoms with Crippen molar-refractivity contribution in [2.75, 3.05) is 19.5 Å². The van der Waals surface area contributed by atoms with Crippen LogP contribution >= 0.6 is 27.5 Å². The number of ether oxygens (including phenoxy) is 2. The van der Waals surface area contributed by atoms with E-state index in [1.165, 1.54) is 14.2 Å². The van der Waals surface area contributed by atoms with Crippen molar-refractivity contribution in [1.29, 1.82) is 0 Å². The Morgan fingerprint density at radius 2 is 1.96 bits per heavy atom. The number of nitrogens with one attached hydrogen (secondary N) is 1. The number of esters is 1. The fraction of sp³-hybridized carbons (Fsp3) is 0.158. The Labute approximate surface area is 170 Å². The molecule has 140 valence electrons. The maximum Gasteiger partial charge on any atom is 0.340 e. The lowest BCUT2D eigenvalue weighted by molar-refractivity contribution is 0.0601. The molecule has 0 fully saturated rings. The maximum atomic E-state index is 12.2. The van der Waals surface area contributed by atoms with Crippen LogP contribution in [0.1, 0.15) is 16.1 Å². The number of rotatable bonds is 5. The molecule has 0 radical (unpaired) electrons. The molecule has 0 bridgehead atoms. The average molecular weight is 451 g/mol. The van der Waals surface area contributed by atoms with E-state index in [4.69, 9.17) is 21.1 Å². The van der Waals surface area contributed by atoms with E-state index in [1.807, 2.05) is 25.1 Å². The molecule has 0 aliphatic rings. The van der Waals surface area contributed by atoms with Crippen LogP contribution in [0.2, 0.25) is 5.02 Å². The molecule has 0 aliphatic heterocycles. The number of halogens is 2. The summed E-state index contributed by atoms with van der Waals surface area (Å²) < 4.78 is 12.6. The Morgan fingerprint density at radius 1 is 1.22 bits per heavy atom. The van der Waals surface area contributed by atoms with Crippen molar-refractivity contribution in [2.24, 2.45) is 0 Å². The van der Waals surface area contributed by atoms with Gasteiger partial charge in [0.25, 0.3) is 0 Å². The lowest BCUT2D eigenvalue weighted by Crippen LogP contribution is -2.09. The van der Waals surface area contributed by atoms with Gasteiger partial charge in [0.1, 0.15) is 11.6 Å². The zero-order chi connectivity index (χ0) is 19.6. The number of hydrogen-bond acceptors (Lipinski definition) is 5. The number of methoxy groups -OCH3 is 2. The predicted molar refractivity (Wildman–Crippen MR) is 109 cm³/mol. The van der Waals surface area contributed by atoms with Crippen LogP contribution in [0.15, 0.2) is 46.9 Å². The molecule has 0 atom stereocenters. The second-order valence-corrected chi connectivity index (χ2v) is 6.84. The highest BCUT2D eigenvalue weighted by atomic mass is 79.9. The summed E-state index contributed by atoms with van der Waals surface area (Å²) in [5.74, 6) is 0.708. The molecule has 0 saturated heterocycles. The summed E-state index contributed by atoms with van der Waals surface area (Å²) in [5, 5.41) is 8.36.